The van der Waals surface area contributed by atoms with E-state index in [4.69, 9.17) is 0 Å². The molecule has 1 aromatic carbocycles. The Hall–Kier alpha value is -1.55. The summed E-state index contributed by atoms with van der Waals surface area (Å²) in [7, 11) is 4.35. The highest BCUT2D eigenvalue weighted by molar-refractivity contribution is 5.79. The zero-order valence-electron chi connectivity index (χ0n) is 18.1. The highest BCUT2D eigenvalue weighted by atomic mass is 16.1. The molecule has 152 valence electrons. The summed E-state index contributed by atoms with van der Waals surface area (Å²) >= 11 is 0. The molecular weight excluding hydrogens is 334 g/mol. The predicted molar refractivity (Wildman–Crippen MR) is 115 cm³/mol. The van der Waals surface area contributed by atoms with Crippen LogP contribution >= 0.6 is 0 Å². The summed E-state index contributed by atoms with van der Waals surface area (Å²) in [4.78, 5) is 17.2. The monoisotopic (exact) mass is 373 g/mol. The van der Waals surface area contributed by atoms with Crippen molar-refractivity contribution in [3.05, 3.63) is 29.3 Å². The quantitative estimate of drug-likeness (QED) is 0.833. The summed E-state index contributed by atoms with van der Waals surface area (Å²) in [6.07, 6.45) is 6.93. The van der Waals surface area contributed by atoms with Crippen molar-refractivity contribution in [2.24, 2.45) is 5.92 Å². The third-order valence-electron chi connectivity index (χ3n) is 5.95. The number of hydrogen-bond acceptors (Lipinski definition) is 3. The van der Waals surface area contributed by atoms with Gasteiger partial charge in [-0.2, -0.15) is 0 Å². The summed E-state index contributed by atoms with van der Waals surface area (Å²) < 4.78 is 0. The first-order chi connectivity index (χ1) is 13.0. The number of rotatable bonds is 5. The number of carbonyl (C=O) groups is 1. The van der Waals surface area contributed by atoms with Gasteiger partial charge in [-0.1, -0.05) is 44.4 Å². The van der Waals surface area contributed by atoms with Crippen LogP contribution in [0.25, 0.3) is 0 Å². The van der Waals surface area contributed by atoms with Crippen LogP contribution in [0.4, 0.5) is 5.69 Å². The molecule has 0 radical (unpaired) electrons. The van der Waals surface area contributed by atoms with Gasteiger partial charge < -0.3 is 15.1 Å². The van der Waals surface area contributed by atoms with Crippen molar-refractivity contribution < 1.29 is 4.79 Å². The van der Waals surface area contributed by atoms with Gasteiger partial charge in [-0.15, -0.1) is 0 Å². The molecule has 4 heteroatoms. The van der Waals surface area contributed by atoms with Crippen molar-refractivity contribution in [3.8, 4) is 0 Å². The number of nitrogens with one attached hydrogen (secondary N) is 1. The van der Waals surface area contributed by atoms with Gasteiger partial charge >= 0.3 is 0 Å². The van der Waals surface area contributed by atoms with Gasteiger partial charge in [0.1, 0.15) is 0 Å². The van der Waals surface area contributed by atoms with Gasteiger partial charge in [-0.05, 0) is 58.3 Å². The molecule has 1 amide bonds. The molecule has 1 aliphatic carbocycles. The zero-order valence-corrected chi connectivity index (χ0v) is 18.1. The van der Waals surface area contributed by atoms with Crippen LogP contribution < -0.4 is 10.2 Å². The van der Waals surface area contributed by atoms with Gasteiger partial charge in [0, 0.05) is 37.3 Å². The molecule has 1 saturated carbocycles. The smallest absolute Gasteiger partial charge is 0.223 e. The fourth-order valence-corrected chi connectivity index (χ4v) is 4.30. The molecule has 0 bridgehead atoms. The van der Waals surface area contributed by atoms with Gasteiger partial charge in [-0.25, -0.2) is 0 Å². The molecule has 1 saturated heterocycles. The van der Waals surface area contributed by atoms with Crippen LogP contribution in [0.1, 0.15) is 63.5 Å². The third-order valence-corrected chi connectivity index (χ3v) is 5.95. The Morgan fingerprint density at radius 2 is 1.74 bits per heavy atom. The maximum Gasteiger partial charge on any atom is 0.223 e. The van der Waals surface area contributed by atoms with Crippen molar-refractivity contribution in [1.29, 1.82) is 0 Å². The molecular formula is C23H39N3O. The van der Waals surface area contributed by atoms with Crippen LogP contribution in [-0.2, 0) is 11.3 Å². The Bertz CT molecular complexity index is 585. The van der Waals surface area contributed by atoms with E-state index in [0.29, 0.717) is 12.6 Å². The predicted octanol–water partition coefficient (Wildman–Crippen LogP) is 4.36. The second-order valence-electron chi connectivity index (χ2n) is 8.01. The van der Waals surface area contributed by atoms with E-state index in [2.05, 4.69) is 54.3 Å². The summed E-state index contributed by atoms with van der Waals surface area (Å²) in [6, 6.07) is 7.35. The van der Waals surface area contributed by atoms with Gasteiger partial charge in [0.05, 0.1) is 0 Å². The number of nitrogens with zero attached hydrogens (tertiary/aromatic N) is 2. The van der Waals surface area contributed by atoms with Gasteiger partial charge in [0.25, 0.3) is 0 Å². The van der Waals surface area contributed by atoms with Crippen LogP contribution in [0.5, 0.6) is 0 Å². The second kappa shape index (κ2) is 10.7. The maximum atomic E-state index is 12.4. The molecule has 1 aromatic rings. The summed E-state index contributed by atoms with van der Waals surface area (Å²) in [5.74, 6) is 0.486. The molecule has 2 aliphatic rings. The number of benzene rings is 1. The Kier molecular flexibility index (Phi) is 8.62. The molecule has 2 fully saturated rings. The zero-order chi connectivity index (χ0) is 19.8. The normalized spacial score (nSPS) is 18.4. The highest BCUT2D eigenvalue weighted by Crippen LogP contribution is 2.28. The minimum Gasteiger partial charge on any atom is -0.371 e. The van der Waals surface area contributed by atoms with E-state index < -0.39 is 0 Å². The lowest BCUT2D eigenvalue weighted by molar-refractivity contribution is -0.124. The van der Waals surface area contributed by atoms with Crippen LogP contribution in [0.15, 0.2) is 18.2 Å². The summed E-state index contributed by atoms with van der Waals surface area (Å²) in [5.41, 5.74) is 3.82. The molecule has 4 nitrogen and oxygen atoms in total. The fourth-order valence-electron chi connectivity index (χ4n) is 4.30. The number of carbonyl (C=O) groups excluding carboxylic acids is 1. The highest BCUT2D eigenvalue weighted by Gasteiger charge is 2.24. The Morgan fingerprint density at radius 3 is 2.33 bits per heavy atom. The first-order valence-corrected chi connectivity index (χ1v) is 10.8. The Balaban J connectivity index is 0.00000126. The Morgan fingerprint density at radius 1 is 1.11 bits per heavy atom. The number of piperidine rings is 1. The second-order valence-corrected chi connectivity index (χ2v) is 8.01. The molecule has 0 unspecified atom stereocenters. The number of hydrogen-bond donors (Lipinski definition) is 1. The van der Waals surface area contributed by atoms with E-state index in [1.807, 2.05) is 13.8 Å². The van der Waals surface area contributed by atoms with E-state index in [9.17, 15) is 4.79 Å². The number of aryl methyl sites for hydroxylation is 1. The number of anilines is 1. The van der Waals surface area contributed by atoms with Crippen LogP contribution in [0.3, 0.4) is 0 Å². The molecule has 3 rings (SSSR count). The van der Waals surface area contributed by atoms with Gasteiger partial charge in [-0.3, -0.25) is 4.79 Å². The third kappa shape index (κ3) is 5.97. The lowest BCUT2D eigenvalue weighted by atomic mass is 10.0. The summed E-state index contributed by atoms with van der Waals surface area (Å²) in [6.45, 7) is 8.97. The average molecular weight is 374 g/mol. The molecule has 0 spiro atoms. The number of amides is 1. The minimum atomic E-state index is 0.240. The van der Waals surface area contributed by atoms with E-state index in [1.54, 1.807) is 0 Å². The standard InChI is InChI=1S/C21H33N3O.C2H6/c1-16-8-9-20(24-12-10-19(11-13-24)23(2)3)18(14-16)15-22-21(25)17-6-4-5-7-17;1-2/h8-9,14,17,19H,4-7,10-13,15H2,1-3H3,(H,22,25);1-2H3. The largest absolute Gasteiger partial charge is 0.371 e. The Labute approximate surface area is 166 Å². The first kappa shape index (κ1) is 21.7. The molecule has 1 N–H and O–H groups in total. The van der Waals surface area contributed by atoms with Crippen molar-refractivity contribution in [2.75, 3.05) is 32.1 Å². The van der Waals surface area contributed by atoms with Gasteiger partial charge in [0.15, 0.2) is 0 Å². The molecule has 0 atom stereocenters. The SMILES string of the molecule is CC.Cc1ccc(N2CCC(N(C)C)CC2)c(CNC(=O)C2CCCC2)c1. The van der Waals surface area contributed by atoms with E-state index in [0.717, 1.165) is 25.9 Å². The molecule has 27 heavy (non-hydrogen) atoms. The van der Waals surface area contributed by atoms with Crippen LogP contribution in [0, 0.1) is 12.8 Å². The first-order valence-electron chi connectivity index (χ1n) is 10.8. The van der Waals surface area contributed by atoms with Crippen LogP contribution in [0.2, 0.25) is 0 Å². The van der Waals surface area contributed by atoms with Crippen molar-refractivity contribution in [2.45, 2.75) is 71.9 Å². The van der Waals surface area contributed by atoms with Crippen molar-refractivity contribution in [1.82, 2.24) is 10.2 Å². The van der Waals surface area contributed by atoms with Crippen molar-refractivity contribution in [3.63, 3.8) is 0 Å². The lowest BCUT2D eigenvalue weighted by Gasteiger charge is -2.37. The lowest BCUT2D eigenvalue weighted by Crippen LogP contribution is -2.42. The maximum absolute atomic E-state index is 12.4. The molecule has 1 heterocycles. The molecule has 1 aliphatic heterocycles. The molecule has 0 aromatic heterocycles. The summed E-state index contributed by atoms with van der Waals surface area (Å²) in [5, 5.41) is 3.20. The van der Waals surface area contributed by atoms with Gasteiger partial charge in [0.2, 0.25) is 5.91 Å². The van der Waals surface area contributed by atoms with E-state index in [-0.39, 0.29) is 11.8 Å². The fraction of sp³-hybridized carbons (Fsp3) is 0.696. The minimum absolute atomic E-state index is 0.240. The average Bonchev–Trinajstić information content (AvgIpc) is 3.23. The van der Waals surface area contributed by atoms with E-state index in [1.165, 1.54) is 42.5 Å². The van der Waals surface area contributed by atoms with Crippen LogP contribution in [-0.4, -0.2) is 44.0 Å². The van der Waals surface area contributed by atoms with E-state index >= 15 is 0 Å². The topological polar surface area (TPSA) is 35.6 Å². The van der Waals surface area contributed by atoms with Crippen molar-refractivity contribution >= 4 is 11.6 Å².